The van der Waals surface area contributed by atoms with Crippen molar-refractivity contribution in [1.29, 1.82) is 0 Å². The normalized spacial score (nSPS) is 11.2. The number of amides is 1. The van der Waals surface area contributed by atoms with Crippen molar-refractivity contribution in [2.75, 3.05) is 21.2 Å². The van der Waals surface area contributed by atoms with Gasteiger partial charge in [0.2, 0.25) is 5.78 Å². The Bertz CT molecular complexity index is 1640. The van der Waals surface area contributed by atoms with Gasteiger partial charge in [-0.3, -0.25) is 18.6 Å². The number of thioether (sulfide) groups is 1. The summed E-state index contributed by atoms with van der Waals surface area (Å²) in [6.45, 7) is 0.300. The van der Waals surface area contributed by atoms with Crippen molar-refractivity contribution in [3.8, 4) is 5.75 Å². The fourth-order valence-electron chi connectivity index (χ4n) is 4.17. The number of methoxy groups -OCH3 is 1. The molecule has 0 aliphatic rings. The maximum absolute atomic E-state index is 13.5. The Morgan fingerprint density at radius 1 is 1.00 bits per heavy atom. The number of carbonyl (C=O) groups excluding carboxylic acids is 1. The number of hydrogen-bond donors (Lipinski definition) is 0. The molecule has 9 heteroatoms. The van der Waals surface area contributed by atoms with E-state index in [1.807, 2.05) is 77.2 Å². The van der Waals surface area contributed by atoms with E-state index in [0.29, 0.717) is 39.9 Å². The molecule has 0 aliphatic heterocycles. The summed E-state index contributed by atoms with van der Waals surface area (Å²) in [6.07, 6.45) is 0. The molecule has 0 unspecified atom stereocenters. The standard InChI is InChI=1S/C27H25N5O3S/c1-30(2)24(33)19-11-8-9-18(15-19)17-36-27-29-28-26-31(16-20-10-4-7-14-23(20)35-3)25(34)21-12-5-6-13-22(21)32(26)27/h4-15H,16-17H2,1-3H3. The third-order valence-corrected chi connectivity index (χ3v) is 6.95. The number of nitrogens with zero attached hydrogens (tertiary/aromatic N) is 5. The molecule has 2 heterocycles. The lowest BCUT2D eigenvalue weighted by Crippen LogP contribution is -2.24. The summed E-state index contributed by atoms with van der Waals surface area (Å²) in [7, 11) is 5.09. The number of benzene rings is 3. The number of fused-ring (bicyclic) bond motifs is 3. The minimum atomic E-state index is -0.136. The Balaban J connectivity index is 1.57. The molecule has 0 fully saturated rings. The number of ether oxygens (including phenoxy) is 1. The van der Waals surface area contributed by atoms with Gasteiger partial charge in [0.1, 0.15) is 5.75 Å². The molecule has 0 saturated heterocycles. The Morgan fingerprint density at radius 2 is 1.78 bits per heavy atom. The molecule has 2 aromatic heterocycles. The van der Waals surface area contributed by atoms with Crippen molar-refractivity contribution >= 4 is 34.3 Å². The number of rotatable bonds is 7. The minimum Gasteiger partial charge on any atom is -0.496 e. The molecular weight excluding hydrogens is 474 g/mol. The van der Waals surface area contributed by atoms with Crippen LogP contribution in [0.4, 0.5) is 0 Å². The van der Waals surface area contributed by atoms with Gasteiger partial charge in [0.05, 0.1) is 24.6 Å². The van der Waals surface area contributed by atoms with E-state index in [-0.39, 0.29) is 11.5 Å². The molecular formula is C27H25N5O3S. The van der Waals surface area contributed by atoms with E-state index < -0.39 is 0 Å². The zero-order chi connectivity index (χ0) is 25.2. The maximum Gasteiger partial charge on any atom is 0.263 e. The van der Waals surface area contributed by atoms with E-state index >= 15 is 0 Å². The van der Waals surface area contributed by atoms with Crippen molar-refractivity contribution in [3.63, 3.8) is 0 Å². The number of aromatic nitrogens is 4. The summed E-state index contributed by atoms with van der Waals surface area (Å²) in [5.41, 5.74) is 3.12. The molecule has 0 N–H and O–H groups in total. The van der Waals surface area contributed by atoms with Gasteiger partial charge < -0.3 is 9.64 Å². The van der Waals surface area contributed by atoms with E-state index in [9.17, 15) is 9.59 Å². The smallest absolute Gasteiger partial charge is 0.263 e. The first kappa shape index (κ1) is 23.6. The second kappa shape index (κ2) is 9.87. The molecule has 0 atom stereocenters. The Morgan fingerprint density at radius 3 is 2.58 bits per heavy atom. The van der Waals surface area contributed by atoms with Crippen LogP contribution in [0.3, 0.4) is 0 Å². The monoisotopic (exact) mass is 499 g/mol. The van der Waals surface area contributed by atoms with Crippen LogP contribution >= 0.6 is 11.8 Å². The molecule has 5 aromatic rings. The fourth-order valence-corrected chi connectivity index (χ4v) is 5.06. The molecule has 0 saturated carbocycles. The number of hydrogen-bond acceptors (Lipinski definition) is 6. The Hall–Kier alpha value is -4.11. The molecule has 1 amide bonds. The van der Waals surface area contributed by atoms with Gasteiger partial charge in [-0.15, -0.1) is 10.2 Å². The van der Waals surface area contributed by atoms with Crippen LogP contribution in [0.15, 0.2) is 82.7 Å². The summed E-state index contributed by atoms with van der Waals surface area (Å²) < 4.78 is 9.06. The predicted molar refractivity (Wildman–Crippen MR) is 141 cm³/mol. The lowest BCUT2D eigenvalue weighted by atomic mass is 10.1. The van der Waals surface area contributed by atoms with Gasteiger partial charge in [0.25, 0.3) is 11.5 Å². The van der Waals surface area contributed by atoms with Crippen LogP contribution in [0.1, 0.15) is 21.5 Å². The first-order valence-corrected chi connectivity index (χ1v) is 12.4. The van der Waals surface area contributed by atoms with Crippen molar-refractivity contribution in [2.45, 2.75) is 17.5 Å². The zero-order valence-corrected chi connectivity index (χ0v) is 21.0. The van der Waals surface area contributed by atoms with E-state index in [0.717, 1.165) is 16.6 Å². The van der Waals surface area contributed by atoms with Crippen LogP contribution in [0.5, 0.6) is 5.75 Å². The number of para-hydroxylation sites is 2. The molecule has 0 spiro atoms. The highest BCUT2D eigenvalue weighted by Gasteiger charge is 2.18. The van der Waals surface area contributed by atoms with Gasteiger partial charge >= 0.3 is 0 Å². The third-order valence-electron chi connectivity index (χ3n) is 5.95. The molecule has 8 nitrogen and oxygen atoms in total. The summed E-state index contributed by atoms with van der Waals surface area (Å²) in [6, 6.07) is 22.7. The van der Waals surface area contributed by atoms with Crippen LogP contribution in [0.2, 0.25) is 0 Å². The highest BCUT2D eigenvalue weighted by molar-refractivity contribution is 7.98. The van der Waals surface area contributed by atoms with Gasteiger partial charge in [-0.05, 0) is 35.9 Å². The second-order valence-electron chi connectivity index (χ2n) is 8.53. The fraction of sp³-hybridized carbons (Fsp3) is 0.185. The van der Waals surface area contributed by atoms with E-state index in [4.69, 9.17) is 4.74 Å². The summed E-state index contributed by atoms with van der Waals surface area (Å²) in [5.74, 6) is 1.72. The first-order valence-electron chi connectivity index (χ1n) is 11.4. The van der Waals surface area contributed by atoms with Crippen molar-refractivity contribution < 1.29 is 9.53 Å². The molecule has 0 radical (unpaired) electrons. The van der Waals surface area contributed by atoms with Crippen LogP contribution < -0.4 is 10.3 Å². The minimum absolute atomic E-state index is 0.0406. The van der Waals surface area contributed by atoms with Crippen LogP contribution in [-0.2, 0) is 12.3 Å². The summed E-state index contributed by atoms with van der Waals surface area (Å²) in [4.78, 5) is 27.4. The van der Waals surface area contributed by atoms with Gasteiger partial charge in [-0.25, -0.2) is 0 Å². The SMILES string of the molecule is COc1ccccc1Cn1c(=O)c2ccccc2n2c(SCc3cccc(C(=O)N(C)C)c3)nnc12. The lowest BCUT2D eigenvalue weighted by molar-refractivity contribution is 0.0827. The van der Waals surface area contributed by atoms with Crippen molar-refractivity contribution in [3.05, 3.63) is 99.8 Å². The Kier molecular flexibility index (Phi) is 6.47. The zero-order valence-electron chi connectivity index (χ0n) is 20.2. The third kappa shape index (κ3) is 4.33. The predicted octanol–water partition coefficient (Wildman–Crippen LogP) is 4.10. The van der Waals surface area contributed by atoms with Crippen molar-refractivity contribution in [2.24, 2.45) is 0 Å². The van der Waals surface area contributed by atoms with Gasteiger partial charge in [0.15, 0.2) is 5.16 Å². The van der Waals surface area contributed by atoms with Crippen LogP contribution in [0, 0.1) is 0 Å². The molecule has 3 aromatic carbocycles. The topological polar surface area (TPSA) is 81.7 Å². The molecule has 5 rings (SSSR count). The summed E-state index contributed by atoms with van der Waals surface area (Å²) in [5, 5.41) is 10.1. The quantitative estimate of drug-likeness (QED) is 0.314. The highest BCUT2D eigenvalue weighted by atomic mass is 32.2. The molecule has 0 aliphatic carbocycles. The van der Waals surface area contributed by atoms with Crippen LogP contribution in [0.25, 0.3) is 16.7 Å². The first-order chi connectivity index (χ1) is 17.5. The van der Waals surface area contributed by atoms with E-state index in [2.05, 4.69) is 10.2 Å². The van der Waals surface area contributed by atoms with Crippen LogP contribution in [-0.4, -0.2) is 51.2 Å². The van der Waals surface area contributed by atoms with Gasteiger partial charge in [-0.2, -0.15) is 0 Å². The van der Waals surface area contributed by atoms with Crippen molar-refractivity contribution in [1.82, 2.24) is 24.1 Å². The second-order valence-corrected chi connectivity index (χ2v) is 9.47. The molecule has 182 valence electrons. The largest absolute Gasteiger partial charge is 0.496 e. The average molecular weight is 500 g/mol. The Labute approximate surface area is 212 Å². The lowest BCUT2D eigenvalue weighted by Gasteiger charge is -2.13. The van der Waals surface area contributed by atoms with Gasteiger partial charge in [0, 0.05) is 31.0 Å². The maximum atomic E-state index is 13.5. The van der Waals surface area contributed by atoms with E-state index in [1.165, 1.54) is 11.8 Å². The average Bonchev–Trinajstić information content (AvgIpc) is 3.33. The highest BCUT2D eigenvalue weighted by Crippen LogP contribution is 2.26. The molecule has 0 bridgehead atoms. The molecule has 36 heavy (non-hydrogen) atoms. The number of carbonyl (C=O) groups is 1. The van der Waals surface area contributed by atoms with Gasteiger partial charge in [-0.1, -0.05) is 54.2 Å². The van der Waals surface area contributed by atoms with E-state index in [1.54, 1.807) is 30.7 Å². The summed E-state index contributed by atoms with van der Waals surface area (Å²) >= 11 is 1.51.